The van der Waals surface area contributed by atoms with Gasteiger partial charge in [0.25, 0.3) is 0 Å². The highest BCUT2D eigenvalue weighted by molar-refractivity contribution is 5.93. The molecule has 0 aromatic rings. The summed E-state index contributed by atoms with van der Waals surface area (Å²) >= 11 is 0. The molecule has 0 fully saturated rings. The number of ketones is 1. The van der Waals surface area contributed by atoms with Gasteiger partial charge in [-0.1, -0.05) is 83.6 Å². The number of aliphatic hydroxyl groups excluding tert-OH is 3. The van der Waals surface area contributed by atoms with Gasteiger partial charge in [0, 0.05) is 0 Å². The minimum Gasteiger partial charge on any atom is -0.394 e. The first-order valence-corrected chi connectivity index (χ1v) is 9.80. The maximum atomic E-state index is 11.5. The maximum absolute atomic E-state index is 11.5. The lowest BCUT2D eigenvalue weighted by Crippen LogP contribution is -2.35. The summed E-state index contributed by atoms with van der Waals surface area (Å²) in [4.78, 5) is 11.5. The summed E-state index contributed by atoms with van der Waals surface area (Å²) in [6.45, 7) is 1.64. The standard InChI is InChI=1S/C20H38O4/c1-2-3-4-5-6-7-8-9-10-11-12-13-14-15-16-18(22)20(24)19(23)17-21/h15-16,19-21,23-24H,2-14,17H2,1H3. The van der Waals surface area contributed by atoms with Gasteiger partial charge in [0.05, 0.1) is 6.61 Å². The van der Waals surface area contributed by atoms with E-state index in [9.17, 15) is 9.90 Å². The molecule has 0 aromatic heterocycles. The predicted molar refractivity (Wildman–Crippen MR) is 98.9 cm³/mol. The van der Waals surface area contributed by atoms with E-state index in [1.165, 1.54) is 70.3 Å². The van der Waals surface area contributed by atoms with Crippen molar-refractivity contribution in [1.82, 2.24) is 0 Å². The van der Waals surface area contributed by atoms with Gasteiger partial charge in [-0.25, -0.2) is 0 Å². The molecular weight excluding hydrogens is 304 g/mol. The third-order valence-corrected chi connectivity index (χ3v) is 4.35. The van der Waals surface area contributed by atoms with Crippen LogP contribution in [0.15, 0.2) is 12.2 Å². The molecule has 4 heteroatoms. The molecule has 2 unspecified atom stereocenters. The third-order valence-electron chi connectivity index (χ3n) is 4.35. The number of allylic oxidation sites excluding steroid dienone is 1. The summed E-state index contributed by atoms with van der Waals surface area (Å²) in [6.07, 6.45) is 16.6. The van der Waals surface area contributed by atoms with Crippen LogP contribution in [0.1, 0.15) is 90.4 Å². The Morgan fingerprint density at radius 1 is 0.833 bits per heavy atom. The van der Waals surface area contributed by atoms with E-state index in [1.54, 1.807) is 6.08 Å². The topological polar surface area (TPSA) is 77.8 Å². The fourth-order valence-electron chi connectivity index (χ4n) is 2.69. The van der Waals surface area contributed by atoms with Crippen LogP contribution in [-0.2, 0) is 4.79 Å². The minimum atomic E-state index is -1.52. The molecule has 0 heterocycles. The number of unbranched alkanes of at least 4 members (excludes halogenated alkanes) is 12. The van der Waals surface area contributed by atoms with E-state index < -0.39 is 24.6 Å². The highest BCUT2D eigenvalue weighted by atomic mass is 16.4. The molecule has 0 rings (SSSR count). The van der Waals surface area contributed by atoms with E-state index in [2.05, 4.69) is 6.92 Å². The Bertz CT molecular complexity index is 315. The van der Waals surface area contributed by atoms with Gasteiger partial charge in [-0.3, -0.25) is 4.79 Å². The van der Waals surface area contributed by atoms with Gasteiger partial charge in [0.2, 0.25) is 0 Å². The lowest BCUT2D eigenvalue weighted by molar-refractivity contribution is -0.129. The smallest absolute Gasteiger partial charge is 0.186 e. The van der Waals surface area contributed by atoms with Gasteiger partial charge >= 0.3 is 0 Å². The van der Waals surface area contributed by atoms with Crippen LogP contribution in [0.4, 0.5) is 0 Å². The molecule has 2 atom stereocenters. The molecule has 0 bridgehead atoms. The SMILES string of the molecule is CCCCCCCCCCCCCCC=CC(=O)C(O)C(O)CO. The number of hydrogen-bond donors (Lipinski definition) is 3. The zero-order valence-electron chi connectivity index (χ0n) is 15.5. The van der Waals surface area contributed by atoms with E-state index in [-0.39, 0.29) is 0 Å². The van der Waals surface area contributed by atoms with Crippen LogP contribution in [0.2, 0.25) is 0 Å². The molecule has 0 spiro atoms. The van der Waals surface area contributed by atoms with Crippen molar-refractivity contribution in [2.75, 3.05) is 6.61 Å². The van der Waals surface area contributed by atoms with E-state index in [4.69, 9.17) is 10.2 Å². The third kappa shape index (κ3) is 13.7. The quantitative estimate of drug-likeness (QED) is 0.276. The van der Waals surface area contributed by atoms with Gasteiger partial charge in [-0.2, -0.15) is 0 Å². The molecule has 0 saturated carbocycles. The normalized spacial score (nSPS) is 14.2. The Labute approximate surface area is 148 Å². The molecule has 0 amide bonds. The number of hydrogen-bond acceptors (Lipinski definition) is 4. The average Bonchev–Trinajstić information content (AvgIpc) is 2.60. The van der Waals surface area contributed by atoms with Crippen molar-refractivity contribution in [3.63, 3.8) is 0 Å². The first kappa shape index (κ1) is 23.3. The van der Waals surface area contributed by atoms with Crippen molar-refractivity contribution in [2.24, 2.45) is 0 Å². The van der Waals surface area contributed by atoms with Crippen molar-refractivity contribution >= 4 is 5.78 Å². The van der Waals surface area contributed by atoms with Gasteiger partial charge < -0.3 is 15.3 Å². The highest BCUT2D eigenvalue weighted by Gasteiger charge is 2.20. The van der Waals surface area contributed by atoms with Crippen molar-refractivity contribution in [3.8, 4) is 0 Å². The summed E-state index contributed by atoms with van der Waals surface area (Å²) in [5, 5.41) is 27.2. The average molecular weight is 343 g/mol. The molecule has 24 heavy (non-hydrogen) atoms. The highest BCUT2D eigenvalue weighted by Crippen LogP contribution is 2.12. The Morgan fingerprint density at radius 2 is 1.29 bits per heavy atom. The van der Waals surface area contributed by atoms with Gasteiger partial charge in [0.15, 0.2) is 5.78 Å². The Kier molecular flexibility index (Phi) is 16.6. The van der Waals surface area contributed by atoms with Crippen LogP contribution < -0.4 is 0 Å². The number of carbonyl (C=O) groups is 1. The van der Waals surface area contributed by atoms with Crippen LogP contribution in [0.5, 0.6) is 0 Å². The molecule has 3 N–H and O–H groups in total. The van der Waals surface area contributed by atoms with Crippen molar-refractivity contribution in [2.45, 2.75) is 103 Å². The fraction of sp³-hybridized carbons (Fsp3) is 0.850. The zero-order valence-corrected chi connectivity index (χ0v) is 15.5. The maximum Gasteiger partial charge on any atom is 0.186 e. The van der Waals surface area contributed by atoms with Crippen LogP contribution in [0.25, 0.3) is 0 Å². The molecule has 0 aliphatic heterocycles. The Hall–Kier alpha value is -0.710. The molecule has 0 aliphatic carbocycles. The first-order chi connectivity index (χ1) is 11.6. The van der Waals surface area contributed by atoms with Crippen LogP contribution in [0.3, 0.4) is 0 Å². The fourth-order valence-corrected chi connectivity index (χ4v) is 2.69. The van der Waals surface area contributed by atoms with Gasteiger partial charge in [0.1, 0.15) is 12.2 Å². The summed E-state index contributed by atoms with van der Waals surface area (Å²) < 4.78 is 0. The van der Waals surface area contributed by atoms with Gasteiger partial charge in [-0.05, 0) is 18.9 Å². The van der Waals surface area contributed by atoms with Crippen LogP contribution in [-0.4, -0.2) is 39.9 Å². The van der Waals surface area contributed by atoms with Crippen LogP contribution in [0, 0.1) is 0 Å². The largest absolute Gasteiger partial charge is 0.394 e. The second kappa shape index (κ2) is 17.1. The van der Waals surface area contributed by atoms with Crippen molar-refractivity contribution < 1.29 is 20.1 Å². The molecule has 0 aromatic carbocycles. The zero-order chi connectivity index (χ0) is 18.0. The predicted octanol–water partition coefficient (Wildman–Crippen LogP) is 3.92. The Morgan fingerprint density at radius 3 is 1.75 bits per heavy atom. The number of rotatable bonds is 17. The lowest BCUT2D eigenvalue weighted by Gasteiger charge is -2.11. The number of carbonyl (C=O) groups excluding carboxylic acids is 1. The molecule has 142 valence electrons. The Balaban J connectivity index is 3.36. The first-order valence-electron chi connectivity index (χ1n) is 9.80. The summed E-state index contributed by atoms with van der Waals surface area (Å²) in [5.41, 5.74) is 0. The summed E-state index contributed by atoms with van der Waals surface area (Å²) in [7, 11) is 0. The molecule has 0 radical (unpaired) electrons. The second-order valence-electron chi connectivity index (χ2n) is 6.68. The minimum absolute atomic E-state index is 0.546. The van der Waals surface area contributed by atoms with E-state index in [0.29, 0.717) is 0 Å². The van der Waals surface area contributed by atoms with E-state index in [0.717, 1.165) is 19.3 Å². The van der Waals surface area contributed by atoms with E-state index in [1.807, 2.05) is 0 Å². The van der Waals surface area contributed by atoms with Crippen molar-refractivity contribution in [1.29, 1.82) is 0 Å². The van der Waals surface area contributed by atoms with Crippen LogP contribution >= 0.6 is 0 Å². The summed E-state index contributed by atoms with van der Waals surface area (Å²) in [6, 6.07) is 0. The second-order valence-corrected chi connectivity index (χ2v) is 6.68. The summed E-state index contributed by atoms with van der Waals surface area (Å²) in [5.74, 6) is -0.546. The monoisotopic (exact) mass is 342 g/mol. The van der Waals surface area contributed by atoms with Crippen molar-refractivity contribution in [3.05, 3.63) is 12.2 Å². The molecule has 0 aliphatic rings. The lowest BCUT2D eigenvalue weighted by atomic mass is 10.0. The van der Waals surface area contributed by atoms with E-state index >= 15 is 0 Å². The molecule has 0 saturated heterocycles. The molecular formula is C20H38O4. The van der Waals surface area contributed by atoms with Gasteiger partial charge in [-0.15, -0.1) is 0 Å². The number of aliphatic hydroxyl groups is 3. The molecule has 4 nitrogen and oxygen atoms in total.